The average Bonchev–Trinajstić information content (AvgIpc) is 2.82. The molecule has 0 unspecified atom stereocenters. The van der Waals surface area contributed by atoms with E-state index in [4.69, 9.17) is 25.5 Å². The predicted molar refractivity (Wildman–Crippen MR) is 60.3 cm³/mol. The second-order valence-corrected chi connectivity index (χ2v) is 4.17. The van der Waals surface area contributed by atoms with E-state index in [-0.39, 0.29) is 22.8 Å². The molecular weight excluding hydrogens is 246 g/mol. The van der Waals surface area contributed by atoms with Crippen LogP contribution in [0.3, 0.4) is 0 Å². The number of rotatable bonds is 3. The monoisotopic (exact) mass is 255 g/mol. The molecule has 2 aromatic rings. The molecule has 0 saturated carbocycles. The van der Waals surface area contributed by atoms with Gasteiger partial charge in [0.15, 0.2) is 11.0 Å². The van der Waals surface area contributed by atoms with E-state index in [1.165, 1.54) is 6.07 Å². The van der Waals surface area contributed by atoms with Crippen molar-refractivity contribution in [1.29, 1.82) is 0 Å². The summed E-state index contributed by atoms with van der Waals surface area (Å²) in [6, 6.07) is 3.11. The molecule has 2 heterocycles. The summed E-state index contributed by atoms with van der Waals surface area (Å²) < 4.78 is 10.3. The first kappa shape index (κ1) is 11.7. The molecule has 2 rings (SSSR count). The zero-order valence-corrected chi connectivity index (χ0v) is 9.99. The normalized spacial score (nSPS) is 11.1. The maximum absolute atomic E-state index is 11.0. The van der Waals surface area contributed by atoms with Crippen LogP contribution in [0.5, 0.6) is 0 Å². The van der Waals surface area contributed by atoms with Gasteiger partial charge < -0.3 is 13.9 Å². The van der Waals surface area contributed by atoms with Crippen LogP contribution < -0.4 is 0 Å². The summed E-state index contributed by atoms with van der Waals surface area (Å²) in [5.74, 6) is -0.931. The number of carboxylic acids is 1. The quantitative estimate of drug-likeness (QED) is 0.909. The molecule has 0 saturated heterocycles. The summed E-state index contributed by atoms with van der Waals surface area (Å²) in [7, 11) is 0. The van der Waals surface area contributed by atoms with E-state index in [1.54, 1.807) is 6.07 Å². The Morgan fingerprint density at radius 2 is 2.12 bits per heavy atom. The summed E-state index contributed by atoms with van der Waals surface area (Å²) >= 11 is 5.63. The number of hydrogen-bond donors (Lipinski definition) is 1. The highest BCUT2D eigenvalue weighted by Crippen LogP contribution is 2.28. The van der Waals surface area contributed by atoms with Crippen molar-refractivity contribution in [3.05, 3.63) is 28.8 Å². The van der Waals surface area contributed by atoms with Crippen molar-refractivity contribution in [2.24, 2.45) is 0 Å². The van der Waals surface area contributed by atoms with E-state index < -0.39 is 5.97 Å². The molecule has 0 aliphatic rings. The van der Waals surface area contributed by atoms with Gasteiger partial charge in [-0.3, -0.25) is 0 Å². The third-order valence-corrected chi connectivity index (χ3v) is 2.38. The molecule has 2 aromatic heterocycles. The molecule has 0 amide bonds. The molecular formula is C11H10ClNO4. The molecule has 0 spiro atoms. The lowest BCUT2D eigenvalue weighted by Crippen LogP contribution is -2.01. The molecule has 0 aliphatic carbocycles. The highest BCUT2D eigenvalue weighted by Gasteiger charge is 2.23. The first-order valence-corrected chi connectivity index (χ1v) is 5.36. The Labute approximate surface area is 102 Å². The van der Waals surface area contributed by atoms with Gasteiger partial charge in [-0.2, -0.15) is 0 Å². The molecule has 0 fully saturated rings. The van der Waals surface area contributed by atoms with Crippen LogP contribution in [-0.2, 0) is 0 Å². The van der Waals surface area contributed by atoms with Crippen LogP contribution in [0.4, 0.5) is 0 Å². The van der Waals surface area contributed by atoms with Gasteiger partial charge in [0.25, 0.3) is 5.89 Å². The molecule has 6 heteroatoms. The van der Waals surface area contributed by atoms with Gasteiger partial charge in [-0.15, -0.1) is 0 Å². The lowest BCUT2D eigenvalue weighted by atomic mass is 10.1. The summed E-state index contributed by atoms with van der Waals surface area (Å²) in [5, 5.41) is 9.19. The number of aromatic carboxylic acids is 1. The maximum atomic E-state index is 11.0. The molecule has 0 aliphatic heterocycles. The van der Waals surface area contributed by atoms with E-state index in [2.05, 4.69) is 4.98 Å². The first-order chi connectivity index (χ1) is 7.99. The minimum absolute atomic E-state index is 0.0518. The first-order valence-electron chi connectivity index (χ1n) is 4.98. The summed E-state index contributed by atoms with van der Waals surface area (Å²) in [6.45, 7) is 3.67. The largest absolute Gasteiger partial charge is 0.475 e. The van der Waals surface area contributed by atoms with E-state index >= 15 is 0 Å². The van der Waals surface area contributed by atoms with E-state index in [0.29, 0.717) is 11.5 Å². The number of oxazole rings is 1. The van der Waals surface area contributed by atoms with Gasteiger partial charge in [0, 0.05) is 0 Å². The molecule has 0 atom stereocenters. The van der Waals surface area contributed by atoms with E-state index in [9.17, 15) is 4.79 Å². The summed E-state index contributed by atoms with van der Waals surface area (Å²) in [5.41, 5.74) is 0.389. The number of carboxylic acid groups (broad SMARTS) is 1. The predicted octanol–water partition coefficient (Wildman–Crippen LogP) is 3.41. The van der Waals surface area contributed by atoms with Crippen LogP contribution in [-0.4, -0.2) is 16.1 Å². The van der Waals surface area contributed by atoms with E-state index in [0.717, 1.165) is 0 Å². The summed E-state index contributed by atoms with van der Waals surface area (Å²) in [4.78, 5) is 15.1. The van der Waals surface area contributed by atoms with Gasteiger partial charge in [-0.1, -0.05) is 13.8 Å². The minimum atomic E-state index is -1.15. The Morgan fingerprint density at radius 3 is 2.53 bits per heavy atom. The van der Waals surface area contributed by atoms with Crippen LogP contribution >= 0.6 is 11.6 Å². The lowest BCUT2D eigenvalue weighted by Gasteiger charge is -1.98. The van der Waals surface area contributed by atoms with Crippen molar-refractivity contribution in [3.63, 3.8) is 0 Å². The van der Waals surface area contributed by atoms with Gasteiger partial charge in [0.1, 0.15) is 0 Å². The second kappa shape index (κ2) is 4.25. The topological polar surface area (TPSA) is 76.5 Å². The second-order valence-electron chi connectivity index (χ2n) is 3.80. The number of nitrogens with zero attached hydrogens (tertiary/aromatic N) is 1. The zero-order valence-electron chi connectivity index (χ0n) is 9.23. The number of halogens is 1. The molecule has 0 radical (unpaired) electrons. The van der Waals surface area contributed by atoms with Crippen LogP contribution in [0.2, 0.25) is 5.22 Å². The smallest absolute Gasteiger partial charge is 0.373 e. The third-order valence-electron chi connectivity index (χ3n) is 2.18. The average molecular weight is 256 g/mol. The fraction of sp³-hybridized carbons (Fsp3) is 0.273. The molecule has 1 N–H and O–H groups in total. The van der Waals surface area contributed by atoms with Crippen molar-refractivity contribution in [1.82, 2.24) is 4.98 Å². The van der Waals surface area contributed by atoms with Crippen molar-refractivity contribution in [2.45, 2.75) is 19.8 Å². The molecule has 5 nitrogen and oxygen atoms in total. The Morgan fingerprint density at radius 1 is 1.41 bits per heavy atom. The van der Waals surface area contributed by atoms with Gasteiger partial charge in [-0.25, -0.2) is 9.78 Å². The van der Waals surface area contributed by atoms with Crippen LogP contribution in [0, 0.1) is 0 Å². The highest BCUT2D eigenvalue weighted by atomic mass is 35.5. The van der Waals surface area contributed by atoms with Crippen molar-refractivity contribution >= 4 is 17.6 Å². The fourth-order valence-corrected chi connectivity index (χ4v) is 1.56. The van der Waals surface area contributed by atoms with Crippen molar-refractivity contribution < 1.29 is 18.7 Å². The number of aromatic nitrogens is 1. The lowest BCUT2D eigenvalue weighted by molar-refractivity contribution is 0.0661. The third kappa shape index (κ3) is 2.19. The van der Waals surface area contributed by atoms with Gasteiger partial charge in [0.05, 0.1) is 5.69 Å². The Hall–Kier alpha value is -1.75. The van der Waals surface area contributed by atoms with Crippen LogP contribution in [0.25, 0.3) is 11.7 Å². The van der Waals surface area contributed by atoms with Gasteiger partial charge in [0.2, 0.25) is 5.76 Å². The maximum Gasteiger partial charge on any atom is 0.373 e. The zero-order chi connectivity index (χ0) is 12.6. The SMILES string of the molecule is CC(C)c1nc(-c2ccc(Cl)o2)oc1C(=O)O. The molecule has 17 heavy (non-hydrogen) atoms. The van der Waals surface area contributed by atoms with Crippen LogP contribution in [0.1, 0.15) is 36.0 Å². The number of hydrogen-bond acceptors (Lipinski definition) is 4. The van der Waals surface area contributed by atoms with Crippen molar-refractivity contribution in [3.8, 4) is 11.7 Å². The summed E-state index contributed by atoms with van der Waals surface area (Å²) in [6.07, 6.45) is 0. The Balaban J connectivity index is 2.50. The number of furan rings is 1. The minimum Gasteiger partial charge on any atom is -0.475 e. The standard InChI is InChI=1S/C11H10ClNO4/c1-5(2)8-9(11(14)15)17-10(13-8)6-3-4-7(12)16-6/h3-5H,1-2H3,(H,14,15). The molecule has 90 valence electrons. The van der Waals surface area contributed by atoms with E-state index in [1.807, 2.05) is 13.8 Å². The molecule has 0 aromatic carbocycles. The molecule has 0 bridgehead atoms. The van der Waals surface area contributed by atoms with Crippen LogP contribution in [0.15, 0.2) is 21.0 Å². The Bertz CT molecular complexity index is 556. The van der Waals surface area contributed by atoms with Crippen molar-refractivity contribution in [2.75, 3.05) is 0 Å². The highest BCUT2D eigenvalue weighted by molar-refractivity contribution is 6.28. The number of carbonyl (C=O) groups is 1. The fourth-order valence-electron chi connectivity index (χ4n) is 1.41. The van der Waals surface area contributed by atoms with Gasteiger partial charge in [-0.05, 0) is 29.7 Å². The Kier molecular flexibility index (Phi) is 2.93. The van der Waals surface area contributed by atoms with Gasteiger partial charge >= 0.3 is 5.97 Å².